The highest BCUT2D eigenvalue weighted by molar-refractivity contribution is 7.13. The molecule has 0 radical (unpaired) electrons. The lowest BCUT2D eigenvalue weighted by Gasteiger charge is -1.94. The normalized spacial score (nSPS) is 9.58. The Balaban J connectivity index is 0.000000163. The molecule has 0 fully saturated rings. The van der Waals surface area contributed by atoms with Gasteiger partial charge in [-0.15, -0.1) is 11.3 Å². The van der Waals surface area contributed by atoms with Gasteiger partial charge < -0.3 is 0 Å². The lowest BCUT2D eigenvalue weighted by atomic mass is 10.2. The number of halogens is 1. The van der Waals surface area contributed by atoms with Crippen LogP contribution < -0.4 is 0 Å². The molecule has 19 heavy (non-hydrogen) atoms. The van der Waals surface area contributed by atoms with E-state index in [4.69, 9.17) is 0 Å². The van der Waals surface area contributed by atoms with E-state index in [2.05, 4.69) is 19.1 Å². The van der Waals surface area contributed by atoms with E-state index in [1.54, 1.807) is 23.5 Å². The topological polar surface area (TPSA) is 0 Å². The molecule has 0 N–H and O–H groups in total. The molecule has 0 nitrogen and oxygen atoms in total. The molecule has 3 aromatic rings. The van der Waals surface area contributed by atoms with Crippen molar-refractivity contribution in [3.05, 3.63) is 83.5 Å². The Labute approximate surface area is 117 Å². The average molecular weight is 270 g/mol. The zero-order chi connectivity index (χ0) is 13.5. The molecule has 0 aliphatic heterocycles. The molecule has 0 saturated heterocycles. The third-order valence-electron chi connectivity index (χ3n) is 2.59. The first-order valence-corrected chi connectivity index (χ1v) is 6.95. The van der Waals surface area contributed by atoms with Crippen LogP contribution in [0.1, 0.15) is 5.56 Å². The number of hydrogen-bond donors (Lipinski definition) is 0. The van der Waals surface area contributed by atoms with Crippen LogP contribution in [0, 0.1) is 12.7 Å². The molecule has 0 saturated carbocycles. The number of thiophene rings is 1. The molecule has 96 valence electrons. The second-order valence-corrected chi connectivity index (χ2v) is 5.09. The monoisotopic (exact) mass is 270 g/mol. The maximum atomic E-state index is 12.5. The standard InChI is InChI=1S/C10H7FS.C7H8/c11-9-5-3-8(4-6-9)10-2-1-7-12-10;1-7-5-3-2-4-6-7/h1-7H;2-6H,1H3. The summed E-state index contributed by atoms with van der Waals surface area (Å²) in [5.41, 5.74) is 2.40. The van der Waals surface area contributed by atoms with Crippen LogP contribution in [-0.2, 0) is 0 Å². The van der Waals surface area contributed by atoms with Crippen molar-refractivity contribution in [2.24, 2.45) is 0 Å². The molecule has 0 bridgehead atoms. The van der Waals surface area contributed by atoms with Crippen molar-refractivity contribution in [2.75, 3.05) is 0 Å². The molecule has 0 spiro atoms. The van der Waals surface area contributed by atoms with Gasteiger partial charge in [-0.2, -0.15) is 0 Å². The summed E-state index contributed by atoms with van der Waals surface area (Å²) in [5, 5.41) is 2.01. The molecule has 0 unspecified atom stereocenters. The summed E-state index contributed by atoms with van der Waals surface area (Å²) in [6, 6.07) is 20.8. The van der Waals surface area contributed by atoms with E-state index in [1.807, 2.05) is 35.7 Å². The van der Waals surface area contributed by atoms with Crippen molar-refractivity contribution < 1.29 is 4.39 Å². The second-order valence-electron chi connectivity index (χ2n) is 4.14. The summed E-state index contributed by atoms with van der Waals surface area (Å²) in [7, 11) is 0. The lowest BCUT2D eigenvalue weighted by molar-refractivity contribution is 0.628. The Bertz CT molecular complexity index is 583. The zero-order valence-corrected chi connectivity index (χ0v) is 11.5. The van der Waals surface area contributed by atoms with E-state index in [1.165, 1.54) is 22.6 Å². The predicted octanol–water partition coefficient (Wildman–Crippen LogP) is 5.55. The minimum Gasteiger partial charge on any atom is -0.207 e. The van der Waals surface area contributed by atoms with Gasteiger partial charge in [0, 0.05) is 4.88 Å². The molecular weight excluding hydrogens is 255 g/mol. The maximum Gasteiger partial charge on any atom is 0.123 e. The quantitative estimate of drug-likeness (QED) is 0.544. The Morgan fingerprint density at radius 3 is 1.95 bits per heavy atom. The summed E-state index contributed by atoms with van der Waals surface area (Å²) >= 11 is 1.66. The third kappa shape index (κ3) is 4.34. The van der Waals surface area contributed by atoms with Gasteiger partial charge >= 0.3 is 0 Å². The van der Waals surface area contributed by atoms with Gasteiger partial charge in [0.15, 0.2) is 0 Å². The SMILES string of the molecule is Cc1ccccc1.Fc1ccc(-c2cccs2)cc1. The van der Waals surface area contributed by atoms with E-state index in [0.717, 1.165) is 5.56 Å². The fourth-order valence-electron chi connectivity index (χ4n) is 1.59. The summed E-state index contributed by atoms with van der Waals surface area (Å²) in [6.45, 7) is 2.08. The van der Waals surface area contributed by atoms with Crippen LogP contribution in [-0.4, -0.2) is 0 Å². The molecule has 2 heteroatoms. The number of rotatable bonds is 1. The van der Waals surface area contributed by atoms with Crippen LogP contribution in [0.2, 0.25) is 0 Å². The van der Waals surface area contributed by atoms with Gasteiger partial charge in [0.05, 0.1) is 0 Å². The highest BCUT2D eigenvalue weighted by atomic mass is 32.1. The molecule has 0 aliphatic rings. The van der Waals surface area contributed by atoms with Gasteiger partial charge in [0.25, 0.3) is 0 Å². The minimum atomic E-state index is -0.185. The molecule has 1 heterocycles. The fourth-order valence-corrected chi connectivity index (χ4v) is 2.32. The fraction of sp³-hybridized carbons (Fsp3) is 0.0588. The summed E-state index contributed by atoms with van der Waals surface area (Å²) < 4.78 is 12.5. The van der Waals surface area contributed by atoms with Gasteiger partial charge in [0.1, 0.15) is 5.82 Å². The van der Waals surface area contributed by atoms with Crippen LogP contribution in [0.3, 0.4) is 0 Å². The van der Waals surface area contributed by atoms with Crippen LogP contribution in [0.25, 0.3) is 10.4 Å². The Kier molecular flexibility index (Phi) is 4.87. The molecule has 0 amide bonds. The van der Waals surface area contributed by atoms with Crippen molar-refractivity contribution in [3.8, 4) is 10.4 Å². The lowest BCUT2D eigenvalue weighted by Crippen LogP contribution is -1.73. The van der Waals surface area contributed by atoms with Crippen molar-refractivity contribution in [3.63, 3.8) is 0 Å². The Morgan fingerprint density at radius 2 is 1.47 bits per heavy atom. The molecule has 0 aliphatic carbocycles. The summed E-state index contributed by atoms with van der Waals surface area (Å²) in [4.78, 5) is 1.18. The molecule has 3 rings (SSSR count). The van der Waals surface area contributed by atoms with Gasteiger partial charge in [0.2, 0.25) is 0 Å². The van der Waals surface area contributed by atoms with Gasteiger partial charge in [-0.3, -0.25) is 0 Å². The van der Waals surface area contributed by atoms with E-state index in [0.29, 0.717) is 0 Å². The van der Waals surface area contributed by atoms with Crippen molar-refractivity contribution >= 4 is 11.3 Å². The van der Waals surface area contributed by atoms with Gasteiger partial charge in [-0.05, 0) is 36.1 Å². The minimum absolute atomic E-state index is 0.185. The highest BCUT2D eigenvalue weighted by Gasteiger charge is 1.97. The second kappa shape index (κ2) is 6.86. The molecular formula is C17H15FS. The summed E-state index contributed by atoms with van der Waals surface area (Å²) in [6.07, 6.45) is 0. The molecule has 0 atom stereocenters. The third-order valence-corrected chi connectivity index (χ3v) is 3.51. The van der Waals surface area contributed by atoms with Crippen LogP contribution >= 0.6 is 11.3 Å². The van der Waals surface area contributed by atoms with Gasteiger partial charge in [-0.1, -0.05) is 54.1 Å². The smallest absolute Gasteiger partial charge is 0.123 e. The Hall–Kier alpha value is -1.93. The zero-order valence-electron chi connectivity index (χ0n) is 10.7. The van der Waals surface area contributed by atoms with Crippen molar-refractivity contribution in [1.29, 1.82) is 0 Å². The van der Waals surface area contributed by atoms with Crippen LogP contribution in [0.15, 0.2) is 72.1 Å². The highest BCUT2D eigenvalue weighted by Crippen LogP contribution is 2.24. The number of hydrogen-bond acceptors (Lipinski definition) is 1. The van der Waals surface area contributed by atoms with E-state index in [9.17, 15) is 4.39 Å². The van der Waals surface area contributed by atoms with E-state index < -0.39 is 0 Å². The molecule has 2 aromatic carbocycles. The first kappa shape index (κ1) is 13.5. The Morgan fingerprint density at radius 1 is 0.789 bits per heavy atom. The maximum absolute atomic E-state index is 12.5. The average Bonchev–Trinajstić information content (AvgIpc) is 2.95. The predicted molar refractivity (Wildman–Crippen MR) is 80.9 cm³/mol. The van der Waals surface area contributed by atoms with Gasteiger partial charge in [-0.25, -0.2) is 4.39 Å². The number of aryl methyl sites for hydroxylation is 1. The van der Waals surface area contributed by atoms with Crippen LogP contribution in [0.4, 0.5) is 4.39 Å². The van der Waals surface area contributed by atoms with Crippen molar-refractivity contribution in [2.45, 2.75) is 6.92 Å². The van der Waals surface area contributed by atoms with E-state index >= 15 is 0 Å². The van der Waals surface area contributed by atoms with E-state index in [-0.39, 0.29) is 5.82 Å². The van der Waals surface area contributed by atoms with Crippen LogP contribution in [0.5, 0.6) is 0 Å². The first-order valence-electron chi connectivity index (χ1n) is 6.07. The number of benzene rings is 2. The van der Waals surface area contributed by atoms with Crippen molar-refractivity contribution in [1.82, 2.24) is 0 Å². The largest absolute Gasteiger partial charge is 0.207 e. The summed E-state index contributed by atoms with van der Waals surface area (Å²) in [5.74, 6) is -0.185. The first-order chi connectivity index (χ1) is 9.25. The molecule has 1 aromatic heterocycles.